The molecule has 0 unspecified atom stereocenters. The molecule has 0 atom stereocenters. The van der Waals surface area contributed by atoms with Gasteiger partial charge in [-0.3, -0.25) is 10.1 Å². The number of esters is 1. The molecule has 0 aliphatic heterocycles. The quantitative estimate of drug-likeness (QED) is 0.295. The molecule has 5 nitrogen and oxygen atoms in total. The third kappa shape index (κ3) is 18.4. The van der Waals surface area contributed by atoms with Crippen molar-refractivity contribution in [3.63, 3.8) is 0 Å². The van der Waals surface area contributed by atoms with Crippen LogP contribution in [0, 0.1) is 0 Å². The molecule has 0 fully saturated rings. The molecule has 144 valence electrons. The zero-order valence-corrected chi connectivity index (χ0v) is 16.3. The molecule has 0 radical (unpaired) electrons. The van der Waals surface area contributed by atoms with Crippen molar-refractivity contribution >= 4 is 12.1 Å². The molecule has 0 heterocycles. The van der Waals surface area contributed by atoms with Crippen LogP contribution in [0.15, 0.2) is 24.4 Å². The van der Waals surface area contributed by atoms with Crippen molar-refractivity contribution < 1.29 is 19.1 Å². The highest BCUT2D eigenvalue weighted by atomic mass is 16.6. The van der Waals surface area contributed by atoms with E-state index in [2.05, 4.69) is 22.2 Å². The number of methoxy groups -OCH3 is 1. The monoisotopic (exact) mass is 353 g/mol. The molecule has 0 rings (SSSR count). The Hall–Kier alpha value is -1.78. The summed E-state index contributed by atoms with van der Waals surface area (Å²) in [5.74, 6) is -0.111. The number of rotatable bonds is 12. The van der Waals surface area contributed by atoms with E-state index in [4.69, 9.17) is 4.74 Å². The second-order valence-electron chi connectivity index (χ2n) is 6.99. The van der Waals surface area contributed by atoms with Crippen molar-refractivity contribution in [1.82, 2.24) is 5.32 Å². The van der Waals surface area contributed by atoms with Crippen LogP contribution in [-0.2, 0) is 14.3 Å². The Kier molecular flexibility index (Phi) is 13.5. The van der Waals surface area contributed by atoms with Crippen molar-refractivity contribution in [2.45, 2.75) is 84.2 Å². The number of ether oxygens (including phenoxy) is 2. The summed E-state index contributed by atoms with van der Waals surface area (Å²) in [7, 11) is 1.43. The summed E-state index contributed by atoms with van der Waals surface area (Å²) < 4.78 is 9.73. The standard InChI is InChI=1S/C20H35NO4/c1-20(2,3)25-19(23)21-17-15-13-11-9-7-5-6-8-10-12-14-16-18(22)24-4/h9,11,15,17H,5-8,10,12-14,16H2,1-4H3,(H,21,23)/b11-9+,17-15+. The van der Waals surface area contributed by atoms with E-state index in [9.17, 15) is 9.59 Å². The molecule has 0 spiro atoms. The van der Waals surface area contributed by atoms with Crippen LogP contribution in [0.5, 0.6) is 0 Å². The number of carbonyl (C=O) groups excluding carboxylic acids is 2. The van der Waals surface area contributed by atoms with Crippen molar-refractivity contribution in [2.24, 2.45) is 0 Å². The number of amides is 1. The van der Waals surface area contributed by atoms with Gasteiger partial charge in [-0.2, -0.15) is 0 Å². The van der Waals surface area contributed by atoms with Crippen LogP contribution in [0.1, 0.15) is 78.6 Å². The van der Waals surface area contributed by atoms with Crippen LogP contribution in [0.25, 0.3) is 0 Å². The topological polar surface area (TPSA) is 64.6 Å². The predicted octanol–water partition coefficient (Wildman–Crippen LogP) is 5.26. The summed E-state index contributed by atoms with van der Waals surface area (Å²) in [5.41, 5.74) is -0.473. The summed E-state index contributed by atoms with van der Waals surface area (Å²) in [6.45, 7) is 5.50. The van der Waals surface area contributed by atoms with E-state index < -0.39 is 11.7 Å². The van der Waals surface area contributed by atoms with Gasteiger partial charge in [-0.1, -0.05) is 43.9 Å². The molecule has 0 saturated carbocycles. The van der Waals surface area contributed by atoms with Gasteiger partial charge in [0, 0.05) is 12.6 Å². The molecule has 0 saturated heterocycles. The molecule has 25 heavy (non-hydrogen) atoms. The largest absolute Gasteiger partial charge is 0.469 e. The SMILES string of the molecule is COC(=O)CCCCCCCC/C=C/C/C=C/NC(=O)OC(C)(C)C. The zero-order valence-electron chi connectivity index (χ0n) is 16.3. The number of unbranched alkanes of at least 4 members (excludes halogenated alkanes) is 6. The molecule has 0 bridgehead atoms. The van der Waals surface area contributed by atoms with Crippen LogP contribution in [0.4, 0.5) is 4.79 Å². The Morgan fingerprint density at radius 1 is 0.920 bits per heavy atom. The zero-order chi connectivity index (χ0) is 19.0. The Labute approximate surface area is 152 Å². The first-order valence-corrected chi connectivity index (χ1v) is 9.21. The smallest absolute Gasteiger partial charge is 0.411 e. The maximum absolute atomic E-state index is 11.4. The van der Waals surface area contributed by atoms with E-state index in [0.29, 0.717) is 6.42 Å². The molecule has 0 aliphatic carbocycles. The highest BCUT2D eigenvalue weighted by Crippen LogP contribution is 2.09. The van der Waals surface area contributed by atoms with Gasteiger partial charge in [0.1, 0.15) is 5.60 Å². The van der Waals surface area contributed by atoms with Gasteiger partial charge < -0.3 is 9.47 Å². The van der Waals surface area contributed by atoms with Gasteiger partial charge in [0.2, 0.25) is 0 Å². The average molecular weight is 354 g/mol. The number of alkyl carbamates (subject to hydrolysis) is 1. The fourth-order valence-corrected chi connectivity index (χ4v) is 2.14. The Bertz CT molecular complexity index is 422. The highest BCUT2D eigenvalue weighted by molar-refractivity contribution is 5.69. The van der Waals surface area contributed by atoms with Crippen molar-refractivity contribution in [1.29, 1.82) is 0 Å². The maximum atomic E-state index is 11.4. The number of nitrogens with one attached hydrogen (secondary N) is 1. The lowest BCUT2D eigenvalue weighted by Crippen LogP contribution is -2.29. The van der Waals surface area contributed by atoms with Crippen LogP contribution in [-0.4, -0.2) is 24.8 Å². The van der Waals surface area contributed by atoms with Crippen LogP contribution >= 0.6 is 0 Å². The van der Waals surface area contributed by atoms with Gasteiger partial charge >= 0.3 is 12.1 Å². The average Bonchev–Trinajstić information content (AvgIpc) is 2.53. The van der Waals surface area contributed by atoms with E-state index in [1.807, 2.05) is 26.8 Å². The number of allylic oxidation sites excluding steroid dienone is 3. The van der Waals surface area contributed by atoms with E-state index in [-0.39, 0.29) is 5.97 Å². The maximum Gasteiger partial charge on any atom is 0.411 e. The van der Waals surface area contributed by atoms with Crippen molar-refractivity contribution in [3.8, 4) is 0 Å². The van der Waals surface area contributed by atoms with Gasteiger partial charge in [-0.05, 0) is 46.5 Å². The molecule has 1 N–H and O–H groups in total. The van der Waals surface area contributed by atoms with E-state index in [0.717, 1.165) is 25.7 Å². The van der Waals surface area contributed by atoms with E-state index in [1.165, 1.54) is 32.8 Å². The van der Waals surface area contributed by atoms with Gasteiger partial charge in [-0.25, -0.2) is 4.79 Å². The van der Waals surface area contributed by atoms with Crippen molar-refractivity contribution in [2.75, 3.05) is 7.11 Å². The van der Waals surface area contributed by atoms with Gasteiger partial charge in [0.25, 0.3) is 0 Å². The summed E-state index contributed by atoms with van der Waals surface area (Å²) in [6, 6.07) is 0. The molecule has 0 aliphatic rings. The second kappa shape index (κ2) is 14.6. The molecule has 5 heteroatoms. The number of hydrogen-bond acceptors (Lipinski definition) is 4. The van der Waals surface area contributed by atoms with Crippen LogP contribution < -0.4 is 5.32 Å². The summed E-state index contributed by atoms with van der Waals surface area (Å²) in [5, 5.41) is 2.58. The first-order valence-electron chi connectivity index (χ1n) is 9.21. The fraction of sp³-hybridized carbons (Fsp3) is 0.700. The first kappa shape index (κ1) is 23.2. The van der Waals surface area contributed by atoms with Gasteiger partial charge in [0.15, 0.2) is 0 Å². The minimum Gasteiger partial charge on any atom is -0.469 e. The van der Waals surface area contributed by atoms with Crippen LogP contribution in [0.2, 0.25) is 0 Å². The van der Waals surface area contributed by atoms with Crippen LogP contribution in [0.3, 0.4) is 0 Å². The fourth-order valence-electron chi connectivity index (χ4n) is 2.14. The lowest BCUT2D eigenvalue weighted by molar-refractivity contribution is -0.140. The minimum absolute atomic E-state index is 0.111. The Balaban J connectivity index is 3.42. The number of carbonyl (C=O) groups is 2. The lowest BCUT2D eigenvalue weighted by atomic mass is 10.1. The Morgan fingerprint density at radius 2 is 1.56 bits per heavy atom. The van der Waals surface area contributed by atoms with E-state index in [1.54, 1.807) is 6.20 Å². The van der Waals surface area contributed by atoms with Gasteiger partial charge in [-0.15, -0.1) is 0 Å². The summed E-state index contributed by atoms with van der Waals surface area (Å²) in [6.07, 6.45) is 16.6. The molecule has 0 aromatic rings. The van der Waals surface area contributed by atoms with E-state index >= 15 is 0 Å². The molecule has 1 amide bonds. The normalized spacial score (nSPS) is 11.8. The van der Waals surface area contributed by atoms with Crippen molar-refractivity contribution in [3.05, 3.63) is 24.4 Å². The molecular formula is C20H35NO4. The third-order valence-corrected chi connectivity index (χ3v) is 3.39. The molecular weight excluding hydrogens is 318 g/mol. The molecule has 0 aromatic heterocycles. The lowest BCUT2D eigenvalue weighted by Gasteiger charge is -2.18. The predicted molar refractivity (Wildman–Crippen MR) is 101 cm³/mol. The summed E-state index contributed by atoms with van der Waals surface area (Å²) in [4.78, 5) is 22.3. The molecule has 0 aromatic carbocycles. The Morgan fingerprint density at radius 3 is 2.20 bits per heavy atom. The van der Waals surface area contributed by atoms with Gasteiger partial charge in [0.05, 0.1) is 7.11 Å². The second-order valence-corrected chi connectivity index (χ2v) is 6.99. The first-order chi connectivity index (χ1) is 11.8. The summed E-state index contributed by atoms with van der Waals surface area (Å²) >= 11 is 0. The third-order valence-electron chi connectivity index (χ3n) is 3.39. The minimum atomic E-state index is -0.473. The highest BCUT2D eigenvalue weighted by Gasteiger charge is 2.14. The number of hydrogen-bond donors (Lipinski definition) is 1.